The van der Waals surface area contributed by atoms with Crippen molar-refractivity contribution in [2.24, 2.45) is 0 Å². The van der Waals surface area contributed by atoms with Gasteiger partial charge in [0, 0.05) is 10.6 Å². The second-order valence-electron chi connectivity index (χ2n) is 11.4. The molecule has 1 aliphatic rings. The minimum Gasteiger partial charge on any atom is -0.394 e. The fourth-order valence-corrected chi connectivity index (χ4v) is 5.24. The van der Waals surface area contributed by atoms with Gasteiger partial charge in [0.05, 0.1) is 25.4 Å². The summed E-state index contributed by atoms with van der Waals surface area (Å²) in [6, 6.07) is 5.03. The first-order valence-electron chi connectivity index (χ1n) is 15.5. The van der Waals surface area contributed by atoms with Crippen LogP contribution in [0.3, 0.4) is 0 Å². The monoisotopic (exact) mass is 617 g/mol. The SMILES string of the molecule is CCCCCCCCCCCCCC[C@@H](O)[C@@H](O)[C@H](CO[C@H]1O[C@H](CO)[C@H](O)[C@H](O)[C@H]1O)NC(=O)c1ccc(Cl)cc1. The van der Waals surface area contributed by atoms with Gasteiger partial charge in [-0.05, 0) is 30.7 Å². The molecule has 2 rings (SSSR count). The molecule has 1 saturated heterocycles. The van der Waals surface area contributed by atoms with Crippen LogP contribution in [-0.2, 0) is 9.47 Å². The predicted molar refractivity (Wildman–Crippen MR) is 160 cm³/mol. The molecule has 11 heteroatoms. The molecule has 8 atom stereocenters. The molecule has 1 aliphatic heterocycles. The first-order chi connectivity index (χ1) is 20.2. The minimum absolute atomic E-state index is 0.278. The van der Waals surface area contributed by atoms with Crippen molar-refractivity contribution in [3.63, 3.8) is 0 Å². The zero-order valence-corrected chi connectivity index (χ0v) is 25.6. The van der Waals surface area contributed by atoms with E-state index in [0.29, 0.717) is 17.9 Å². The van der Waals surface area contributed by atoms with Crippen LogP contribution in [0.15, 0.2) is 24.3 Å². The second kappa shape index (κ2) is 20.6. The smallest absolute Gasteiger partial charge is 0.251 e. The van der Waals surface area contributed by atoms with Gasteiger partial charge in [0.15, 0.2) is 6.29 Å². The Bertz CT molecular complexity index is 859. The third-order valence-electron chi connectivity index (χ3n) is 7.87. The summed E-state index contributed by atoms with van der Waals surface area (Å²) in [6.45, 7) is 1.21. The van der Waals surface area contributed by atoms with E-state index in [1.165, 1.54) is 63.5 Å². The van der Waals surface area contributed by atoms with E-state index in [1.807, 2.05) is 0 Å². The van der Waals surface area contributed by atoms with Gasteiger partial charge in [0.2, 0.25) is 0 Å². The van der Waals surface area contributed by atoms with E-state index in [4.69, 9.17) is 21.1 Å². The lowest BCUT2D eigenvalue weighted by molar-refractivity contribution is -0.303. The summed E-state index contributed by atoms with van der Waals surface area (Å²) in [4.78, 5) is 12.9. The van der Waals surface area contributed by atoms with E-state index in [-0.39, 0.29) is 5.56 Å². The van der Waals surface area contributed by atoms with Crippen LogP contribution >= 0.6 is 11.6 Å². The first-order valence-corrected chi connectivity index (χ1v) is 15.9. The number of carbonyl (C=O) groups excluding carboxylic acids is 1. The Morgan fingerprint density at radius 2 is 1.43 bits per heavy atom. The Morgan fingerprint density at radius 3 is 1.98 bits per heavy atom. The molecule has 0 bridgehead atoms. The largest absolute Gasteiger partial charge is 0.394 e. The van der Waals surface area contributed by atoms with Gasteiger partial charge in [-0.1, -0.05) is 95.6 Å². The molecule has 10 nitrogen and oxygen atoms in total. The lowest BCUT2D eigenvalue weighted by Crippen LogP contribution is -2.60. The molecule has 0 saturated carbocycles. The molecule has 0 aromatic heterocycles. The van der Waals surface area contributed by atoms with Crippen molar-refractivity contribution in [2.75, 3.05) is 13.2 Å². The third-order valence-corrected chi connectivity index (χ3v) is 8.12. The van der Waals surface area contributed by atoms with Crippen molar-refractivity contribution in [2.45, 2.75) is 139 Å². The highest BCUT2D eigenvalue weighted by Crippen LogP contribution is 2.23. The lowest BCUT2D eigenvalue weighted by atomic mass is 9.98. The van der Waals surface area contributed by atoms with Crippen molar-refractivity contribution in [1.29, 1.82) is 0 Å². The number of rotatable bonds is 21. The number of aliphatic hydroxyl groups is 6. The second-order valence-corrected chi connectivity index (χ2v) is 11.8. The third kappa shape index (κ3) is 12.7. The van der Waals surface area contributed by atoms with Gasteiger partial charge >= 0.3 is 0 Å². The number of nitrogens with one attached hydrogen (secondary N) is 1. The average molecular weight is 618 g/mol. The maximum atomic E-state index is 12.9. The summed E-state index contributed by atoms with van der Waals surface area (Å²) in [6.07, 6.45) is 4.42. The number of halogens is 1. The van der Waals surface area contributed by atoms with Crippen LogP contribution in [0.1, 0.15) is 101 Å². The quantitative estimate of drug-likeness (QED) is 0.102. The zero-order valence-electron chi connectivity index (χ0n) is 24.8. The van der Waals surface area contributed by atoms with Gasteiger partial charge in [-0.3, -0.25) is 4.79 Å². The zero-order chi connectivity index (χ0) is 30.9. The lowest BCUT2D eigenvalue weighted by Gasteiger charge is -2.40. The highest BCUT2D eigenvalue weighted by Gasteiger charge is 2.44. The van der Waals surface area contributed by atoms with Crippen LogP contribution in [0.4, 0.5) is 0 Å². The van der Waals surface area contributed by atoms with Gasteiger partial charge in [0.1, 0.15) is 30.5 Å². The highest BCUT2D eigenvalue weighted by molar-refractivity contribution is 6.30. The Balaban J connectivity index is 1.86. The van der Waals surface area contributed by atoms with E-state index >= 15 is 0 Å². The van der Waals surface area contributed by atoms with Gasteiger partial charge in [0.25, 0.3) is 5.91 Å². The van der Waals surface area contributed by atoms with E-state index in [9.17, 15) is 35.4 Å². The number of aliphatic hydroxyl groups excluding tert-OH is 6. The first kappa shape index (κ1) is 36.8. The maximum Gasteiger partial charge on any atom is 0.251 e. The fraction of sp³-hybridized carbons (Fsp3) is 0.774. The van der Waals surface area contributed by atoms with Crippen LogP contribution in [0, 0.1) is 0 Å². The summed E-state index contributed by atoms with van der Waals surface area (Å²) in [5.74, 6) is -0.536. The molecular weight excluding hydrogens is 566 g/mol. The maximum absolute atomic E-state index is 12.9. The summed E-state index contributed by atoms with van der Waals surface area (Å²) >= 11 is 5.91. The number of benzene rings is 1. The molecular formula is C31H52ClNO9. The molecule has 1 amide bonds. The van der Waals surface area contributed by atoms with Crippen LogP contribution in [0.25, 0.3) is 0 Å². The molecule has 42 heavy (non-hydrogen) atoms. The van der Waals surface area contributed by atoms with E-state index in [1.54, 1.807) is 12.1 Å². The average Bonchev–Trinajstić information content (AvgIpc) is 2.99. The van der Waals surface area contributed by atoms with Crippen LogP contribution < -0.4 is 5.32 Å². The van der Waals surface area contributed by atoms with Crippen LogP contribution in [0.2, 0.25) is 5.02 Å². The van der Waals surface area contributed by atoms with Gasteiger partial charge in [-0.25, -0.2) is 0 Å². The Hall–Kier alpha value is -1.34. The molecule has 0 aliphatic carbocycles. The summed E-state index contributed by atoms with van der Waals surface area (Å²) < 4.78 is 11.0. The number of ether oxygens (including phenoxy) is 2. The van der Waals surface area contributed by atoms with E-state index < -0.39 is 68.1 Å². The van der Waals surface area contributed by atoms with Crippen molar-refractivity contribution in [1.82, 2.24) is 5.32 Å². The number of amides is 1. The summed E-state index contributed by atoms with van der Waals surface area (Å²) in [5, 5.41) is 64.6. The molecule has 0 spiro atoms. The topological polar surface area (TPSA) is 169 Å². The predicted octanol–water partition coefficient (Wildman–Crippen LogP) is 3.07. The molecule has 1 aromatic rings. The molecule has 1 aromatic carbocycles. The standard InChI is InChI=1S/C31H52ClNO9/c1-2-3-4-5-6-7-8-9-10-11-12-13-14-24(35)26(36)23(33-30(40)21-15-17-22(32)18-16-21)20-41-31-29(39)28(38)27(37)25(19-34)42-31/h15-18,23-29,31,34-39H,2-14,19-20H2,1H3,(H,33,40)/t23-,24+,25+,26-,27-,28-,29+,31-/m0/s1. The van der Waals surface area contributed by atoms with Crippen molar-refractivity contribution in [3.8, 4) is 0 Å². The normalized spacial score (nSPS) is 24.7. The number of unbranched alkanes of at least 4 members (excludes halogenated alkanes) is 11. The van der Waals surface area contributed by atoms with Crippen LogP contribution in [-0.4, -0.2) is 98.7 Å². The number of carbonyl (C=O) groups is 1. The molecule has 242 valence electrons. The van der Waals surface area contributed by atoms with Crippen molar-refractivity contribution in [3.05, 3.63) is 34.9 Å². The summed E-state index contributed by atoms with van der Waals surface area (Å²) in [5.41, 5.74) is 0.278. The molecule has 1 fully saturated rings. The van der Waals surface area contributed by atoms with Gasteiger partial charge in [-0.15, -0.1) is 0 Å². The number of hydrogen-bond acceptors (Lipinski definition) is 9. The van der Waals surface area contributed by atoms with Gasteiger partial charge < -0.3 is 45.4 Å². The Kier molecular flexibility index (Phi) is 18.1. The van der Waals surface area contributed by atoms with E-state index in [0.717, 1.165) is 19.3 Å². The fourth-order valence-electron chi connectivity index (χ4n) is 5.12. The van der Waals surface area contributed by atoms with Crippen molar-refractivity contribution >= 4 is 17.5 Å². The molecule has 1 heterocycles. The number of hydrogen-bond donors (Lipinski definition) is 7. The molecule has 0 radical (unpaired) electrons. The van der Waals surface area contributed by atoms with Gasteiger partial charge in [-0.2, -0.15) is 0 Å². The minimum atomic E-state index is -1.64. The highest BCUT2D eigenvalue weighted by atomic mass is 35.5. The Labute approximate surface area is 255 Å². The van der Waals surface area contributed by atoms with Crippen LogP contribution in [0.5, 0.6) is 0 Å². The van der Waals surface area contributed by atoms with Crippen molar-refractivity contribution < 1.29 is 44.9 Å². The molecule has 0 unspecified atom stereocenters. The summed E-state index contributed by atoms with van der Waals surface area (Å²) in [7, 11) is 0. The van der Waals surface area contributed by atoms with E-state index in [2.05, 4.69) is 12.2 Å². The molecule has 7 N–H and O–H groups in total. The Morgan fingerprint density at radius 1 is 0.881 bits per heavy atom.